The van der Waals surface area contributed by atoms with Gasteiger partial charge in [-0.1, -0.05) is 0 Å². The molecule has 10 nitrogen and oxygen atoms in total. The van der Waals surface area contributed by atoms with Crippen LogP contribution in [-0.4, -0.2) is 25.0 Å². The monoisotopic (exact) mass is 469 g/mol. The maximum absolute atomic E-state index is 12.7. The number of nitrogens with one attached hydrogen (secondary N) is 2. The number of imidazole rings is 1. The zero-order chi connectivity index (χ0) is 24.7. The molecule has 1 aliphatic rings. The van der Waals surface area contributed by atoms with E-state index in [9.17, 15) is 14.9 Å². The summed E-state index contributed by atoms with van der Waals surface area (Å²) in [6.45, 7) is 1.39. The number of nitrogens with zero attached hydrogens (tertiary/aromatic N) is 5. The van der Waals surface area contributed by atoms with Crippen LogP contribution in [0.4, 0.5) is 17.5 Å². The highest BCUT2D eigenvalue weighted by Crippen LogP contribution is 2.40. The number of hydrogen-bond donors (Lipinski definition) is 2. The summed E-state index contributed by atoms with van der Waals surface area (Å²) >= 11 is 0. The van der Waals surface area contributed by atoms with Crippen LogP contribution >= 0.6 is 0 Å². The first-order valence-electron chi connectivity index (χ1n) is 11.1. The Hall–Kier alpha value is -4.65. The molecule has 4 aromatic rings. The lowest BCUT2D eigenvalue weighted by molar-refractivity contribution is -0.114. The third kappa shape index (κ3) is 4.31. The van der Waals surface area contributed by atoms with Crippen LogP contribution in [-0.2, 0) is 18.9 Å². The molecule has 1 aliphatic carbocycles. The number of ether oxygens (including phenoxy) is 1. The highest BCUT2D eigenvalue weighted by atomic mass is 16.5. The van der Waals surface area contributed by atoms with E-state index in [1.807, 2.05) is 12.3 Å². The molecule has 0 atom stereocenters. The fourth-order valence-corrected chi connectivity index (χ4v) is 4.03. The number of rotatable bonds is 6. The number of aryl methyl sites for hydroxylation is 2. The van der Waals surface area contributed by atoms with E-state index in [1.165, 1.54) is 13.1 Å². The minimum absolute atomic E-state index is 0.154. The van der Waals surface area contributed by atoms with E-state index in [0.29, 0.717) is 51.5 Å². The summed E-state index contributed by atoms with van der Waals surface area (Å²) in [6, 6.07) is 10.7. The van der Waals surface area contributed by atoms with Gasteiger partial charge in [0, 0.05) is 39.5 Å². The van der Waals surface area contributed by atoms with Gasteiger partial charge >= 0.3 is 0 Å². The molecular weight excluding hydrogens is 446 g/mol. The lowest BCUT2D eigenvalue weighted by Crippen LogP contribution is -2.20. The van der Waals surface area contributed by atoms with Gasteiger partial charge in [0.15, 0.2) is 0 Å². The van der Waals surface area contributed by atoms with Crippen molar-refractivity contribution in [3.63, 3.8) is 0 Å². The van der Waals surface area contributed by atoms with E-state index in [-0.39, 0.29) is 11.5 Å². The number of aromatic nitrogens is 4. The summed E-state index contributed by atoms with van der Waals surface area (Å²) < 4.78 is 9.28. The number of fused-ring (bicyclic) bond motifs is 1. The fourth-order valence-electron chi connectivity index (χ4n) is 4.03. The van der Waals surface area contributed by atoms with Crippen molar-refractivity contribution in [2.24, 2.45) is 14.1 Å². The molecule has 0 radical (unpaired) electrons. The summed E-state index contributed by atoms with van der Waals surface area (Å²) in [6.07, 6.45) is 5.64. The van der Waals surface area contributed by atoms with Crippen molar-refractivity contribution in [3.8, 4) is 17.6 Å². The molecule has 1 fully saturated rings. The maximum atomic E-state index is 12.7. The minimum Gasteiger partial charge on any atom is -0.456 e. The first-order chi connectivity index (χ1) is 16.8. The second kappa shape index (κ2) is 8.61. The first-order valence-corrected chi connectivity index (χ1v) is 11.1. The van der Waals surface area contributed by atoms with Crippen LogP contribution in [0.2, 0.25) is 0 Å². The van der Waals surface area contributed by atoms with Crippen LogP contribution in [0.25, 0.3) is 11.0 Å². The predicted molar refractivity (Wildman–Crippen MR) is 131 cm³/mol. The molecular formula is C25H23N7O3. The zero-order valence-corrected chi connectivity index (χ0v) is 19.5. The van der Waals surface area contributed by atoms with Gasteiger partial charge in [0.1, 0.15) is 34.6 Å². The summed E-state index contributed by atoms with van der Waals surface area (Å²) in [7, 11) is 3.51. The molecule has 3 heterocycles. The predicted octanol–water partition coefficient (Wildman–Crippen LogP) is 3.91. The molecule has 5 rings (SSSR count). The number of pyridine rings is 2. The third-order valence-corrected chi connectivity index (χ3v) is 5.87. The van der Waals surface area contributed by atoms with Gasteiger partial charge < -0.3 is 24.5 Å². The molecule has 3 aromatic heterocycles. The van der Waals surface area contributed by atoms with Crippen molar-refractivity contribution in [3.05, 3.63) is 64.2 Å². The number of anilines is 3. The van der Waals surface area contributed by atoms with Crippen molar-refractivity contribution in [1.29, 1.82) is 5.26 Å². The quantitative estimate of drug-likeness (QED) is 0.438. The number of nitriles is 1. The second-order valence-electron chi connectivity index (χ2n) is 8.58. The Labute approximate surface area is 200 Å². The molecule has 1 saturated carbocycles. The molecule has 1 aromatic carbocycles. The molecule has 0 bridgehead atoms. The van der Waals surface area contributed by atoms with E-state index >= 15 is 0 Å². The first kappa shape index (κ1) is 22.2. The van der Waals surface area contributed by atoms with Crippen LogP contribution < -0.4 is 20.9 Å². The van der Waals surface area contributed by atoms with Crippen molar-refractivity contribution < 1.29 is 9.53 Å². The average molecular weight is 470 g/mol. The SMILES string of the molecule is CC(=O)Nc1cc(Oc2ccc3nc(Nc4cc(C5CC5)cn(C)c4=O)n(C)c3c2C#N)ccn1. The van der Waals surface area contributed by atoms with Gasteiger partial charge in [-0.2, -0.15) is 5.26 Å². The summed E-state index contributed by atoms with van der Waals surface area (Å²) in [4.78, 5) is 32.7. The van der Waals surface area contributed by atoms with Gasteiger partial charge in [0.2, 0.25) is 11.9 Å². The standard InChI is InChI=1S/C25H23N7O3/c1-14(33)28-22-11-17(8-9-27-22)35-21-7-6-19-23(18(21)12-26)32(3)25(29-19)30-20-10-16(15-4-5-15)13-31(2)24(20)34/h6-11,13,15H,4-5H2,1-3H3,(H,29,30)(H,27,28,33). The summed E-state index contributed by atoms with van der Waals surface area (Å²) in [5.74, 6) is 1.78. The van der Waals surface area contributed by atoms with Crippen LogP contribution in [0.5, 0.6) is 11.5 Å². The van der Waals surface area contributed by atoms with E-state index in [1.54, 1.807) is 47.5 Å². The Bertz CT molecular complexity index is 1570. The molecule has 0 spiro atoms. The Balaban J connectivity index is 1.51. The maximum Gasteiger partial charge on any atom is 0.274 e. The highest BCUT2D eigenvalue weighted by Gasteiger charge is 2.25. The van der Waals surface area contributed by atoms with Crippen molar-refractivity contribution in [1.82, 2.24) is 19.1 Å². The van der Waals surface area contributed by atoms with Gasteiger partial charge in [-0.15, -0.1) is 0 Å². The minimum atomic E-state index is -0.249. The van der Waals surface area contributed by atoms with Crippen LogP contribution in [0.1, 0.15) is 36.8 Å². The van der Waals surface area contributed by atoms with Gasteiger partial charge in [-0.3, -0.25) is 9.59 Å². The number of benzene rings is 1. The number of amides is 1. The van der Waals surface area contributed by atoms with Crippen molar-refractivity contribution >= 4 is 34.4 Å². The topological polar surface area (TPSA) is 127 Å². The molecule has 35 heavy (non-hydrogen) atoms. The van der Waals surface area contributed by atoms with Crippen molar-refractivity contribution in [2.75, 3.05) is 10.6 Å². The third-order valence-electron chi connectivity index (χ3n) is 5.87. The lowest BCUT2D eigenvalue weighted by Gasteiger charge is -2.11. The Morgan fingerprint density at radius 2 is 2.03 bits per heavy atom. The van der Waals surface area contributed by atoms with Crippen LogP contribution in [0.3, 0.4) is 0 Å². The zero-order valence-electron chi connectivity index (χ0n) is 19.5. The molecule has 2 N–H and O–H groups in total. The van der Waals surface area contributed by atoms with Crippen LogP contribution in [0.15, 0.2) is 47.5 Å². The molecule has 0 aliphatic heterocycles. The van der Waals surface area contributed by atoms with Crippen molar-refractivity contribution in [2.45, 2.75) is 25.7 Å². The Morgan fingerprint density at radius 1 is 1.23 bits per heavy atom. The smallest absolute Gasteiger partial charge is 0.274 e. The van der Waals surface area contributed by atoms with E-state index in [0.717, 1.165) is 18.4 Å². The Morgan fingerprint density at radius 3 is 2.74 bits per heavy atom. The Kier molecular flexibility index (Phi) is 5.45. The van der Waals surface area contributed by atoms with E-state index in [4.69, 9.17) is 4.74 Å². The van der Waals surface area contributed by atoms with E-state index < -0.39 is 0 Å². The lowest BCUT2D eigenvalue weighted by atomic mass is 10.1. The second-order valence-corrected chi connectivity index (χ2v) is 8.58. The molecule has 0 saturated heterocycles. The number of hydrogen-bond acceptors (Lipinski definition) is 7. The molecule has 1 amide bonds. The van der Waals surface area contributed by atoms with Crippen LogP contribution in [0, 0.1) is 11.3 Å². The van der Waals surface area contributed by atoms with E-state index in [2.05, 4.69) is 26.7 Å². The molecule has 176 valence electrons. The fraction of sp³-hybridized carbons (Fsp3) is 0.240. The summed E-state index contributed by atoms with van der Waals surface area (Å²) in [5.41, 5.74) is 2.86. The number of carbonyl (C=O) groups is 1. The average Bonchev–Trinajstić information content (AvgIpc) is 3.62. The molecule has 10 heteroatoms. The summed E-state index contributed by atoms with van der Waals surface area (Å²) in [5, 5.41) is 15.7. The number of carbonyl (C=O) groups excluding carboxylic acids is 1. The van der Waals surface area contributed by atoms with Gasteiger partial charge in [0.25, 0.3) is 5.56 Å². The van der Waals surface area contributed by atoms with Gasteiger partial charge in [-0.05, 0) is 48.6 Å². The molecule has 0 unspecified atom stereocenters. The highest BCUT2D eigenvalue weighted by molar-refractivity contribution is 5.88. The van der Waals surface area contributed by atoms with Gasteiger partial charge in [-0.25, -0.2) is 9.97 Å². The largest absolute Gasteiger partial charge is 0.456 e. The van der Waals surface area contributed by atoms with Gasteiger partial charge in [0.05, 0.1) is 11.0 Å². The normalized spacial score (nSPS) is 12.9.